The molecule has 0 unspecified atom stereocenters. The van der Waals surface area contributed by atoms with Crippen LogP contribution in [-0.2, 0) is 6.54 Å². The fraction of sp³-hybridized carbons (Fsp3) is 0.500. The Kier molecular flexibility index (Phi) is 2.67. The van der Waals surface area contributed by atoms with Gasteiger partial charge in [0.2, 0.25) is 0 Å². The third-order valence-electron chi connectivity index (χ3n) is 1.45. The molecule has 4 nitrogen and oxygen atoms in total. The third-order valence-corrected chi connectivity index (χ3v) is 1.45. The number of nitrogens with zero attached hydrogens (tertiary/aromatic N) is 2. The third kappa shape index (κ3) is 1.81. The topological polar surface area (TPSA) is 58.3 Å². The monoisotopic (exact) mass is 154 g/mol. The van der Waals surface area contributed by atoms with Crippen LogP contribution in [0, 0.1) is 0 Å². The molecule has 60 valence electrons. The molecule has 11 heavy (non-hydrogen) atoms. The summed E-state index contributed by atoms with van der Waals surface area (Å²) in [4.78, 5) is 0. The Labute approximate surface area is 65.6 Å². The first-order valence-corrected chi connectivity index (χ1v) is 3.63. The van der Waals surface area contributed by atoms with Crippen LogP contribution in [0.5, 0.6) is 0 Å². The smallest absolute Gasteiger partial charge is 0.422 e. The predicted octanol–water partition coefficient (Wildman–Crippen LogP) is -1.03. The maximum Gasteiger partial charge on any atom is 0.507 e. The molecule has 0 spiro atoms. The fourth-order valence-electron chi connectivity index (χ4n) is 0.961. The number of hydrogen-bond acceptors (Lipinski definition) is 3. The Bertz CT molecular complexity index is 224. The van der Waals surface area contributed by atoms with Gasteiger partial charge in [0.25, 0.3) is 0 Å². The van der Waals surface area contributed by atoms with E-state index in [1.165, 1.54) is 0 Å². The summed E-state index contributed by atoms with van der Waals surface area (Å²) < 4.78 is 1.59. The first-order chi connectivity index (χ1) is 5.25. The van der Waals surface area contributed by atoms with E-state index in [0.717, 1.165) is 13.0 Å². The van der Waals surface area contributed by atoms with Crippen molar-refractivity contribution in [1.29, 1.82) is 0 Å². The van der Waals surface area contributed by atoms with Gasteiger partial charge in [0.1, 0.15) is 0 Å². The van der Waals surface area contributed by atoms with E-state index in [2.05, 4.69) is 5.10 Å². The average molecular weight is 154 g/mol. The van der Waals surface area contributed by atoms with Crippen LogP contribution in [0.4, 0.5) is 0 Å². The first kappa shape index (κ1) is 8.29. The average Bonchev–Trinajstić information content (AvgIpc) is 2.36. The number of aromatic nitrogens is 2. The van der Waals surface area contributed by atoms with E-state index in [9.17, 15) is 0 Å². The normalized spacial score (nSPS) is 10.1. The van der Waals surface area contributed by atoms with Gasteiger partial charge in [-0.1, -0.05) is 6.92 Å². The summed E-state index contributed by atoms with van der Waals surface area (Å²) in [7, 11) is -1.41. The van der Waals surface area contributed by atoms with Gasteiger partial charge in [-0.05, 0) is 12.5 Å². The van der Waals surface area contributed by atoms with Crippen molar-refractivity contribution in [3.63, 3.8) is 0 Å². The molecule has 0 aromatic carbocycles. The van der Waals surface area contributed by atoms with Crippen LogP contribution in [-0.4, -0.2) is 26.9 Å². The molecule has 0 bridgehead atoms. The molecule has 2 N–H and O–H groups in total. The molecule has 0 fully saturated rings. The minimum atomic E-state index is -1.41. The molecule has 1 aromatic heterocycles. The second kappa shape index (κ2) is 3.55. The molecule has 0 aliphatic rings. The SMILES string of the molecule is CCCn1nccc1B(O)O. The summed E-state index contributed by atoms with van der Waals surface area (Å²) in [6.07, 6.45) is 2.49. The minimum absolute atomic E-state index is 0.451. The zero-order chi connectivity index (χ0) is 8.27. The van der Waals surface area contributed by atoms with Gasteiger partial charge in [-0.2, -0.15) is 5.10 Å². The van der Waals surface area contributed by atoms with E-state index in [1.807, 2.05) is 6.92 Å². The quantitative estimate of drug-likeness (QED) is 0.547. The summed E-state index contributed by atoms with van der Waals surface area (Å²) in [5, 5.41) is 21.6. The number of hydrogen-bond donors (Lipinski definition) is 2. The highest BCUT2D eigenvalue weighted by Crippen LogP contribution is 1.86. The fourth-order valence-corrected chi connectivity index (χ4v) is 0.961. The molecule has 5 heteroatoms. The lowest BCUT2D eigenvalue weighted by molar-refractivity contribution is 0.419. The summed E-state index contributed by atoms with van der Waals surface area (Å²) in [5.74, 6) is 0. The molecular formula is C6H11BN2O2. The molecule has 0 saturated heterocycles. The van der Waals surface area contributed by atoms with Crippen molar-refractivity contribution in [3.05, 3.63) is 12.3 Å². The van der Waals surface area contributed by atoms with E-state index in [1.54, 1.807) is 16.9 Å². The highest BCUT2D eigenvalue weighted by Gasteiger charge is 2.15. The maximum atomic E-state index is 8.81. The molecule has 0 saturated carbocycles. The van der Waals surface area contributed by atoms with Crippen LogP contribution in [0.2, 0.25) is 0 Å². The zero-order valence-electron chi connectivity index (χ0n) is 6.44. The van der Waals surface area contributed by atoms with Crippen molar-refractivity contribution < 1.29 is 10.0 Å². The molecule has 0 radical (unpaired) electrons. The zero-order valence-corrected chi connectivity index (χ0v) is 6.44. The van der Waals surface area contributed by atoms with Crippen molar-refractivity contribution >= 4 is 12.7 Å². The van der Waals surface area contributed by atoms with Gasteiger partial charge in [-0.15, -0.1) is 0 Å². The molecule has 1 aromatic rings. The maximum absolute atomic E-state index is 8.81. The van der Waals surface area contributed by atoms with Crippen molar-refractivity contribution in [3.8, 4) is 0 Å². The largest absolute Gasteiger partial charge is 0.507 e. The molecule has 0 aliphatic heterocycles. The summed E-state index contributed by atoms with van der Waals surface area (Å²) in [6.45, 7) is 2.73. The second-order valence-electron chi connectivity index (χ2n) is 2.35. The van der Waals surface area contributed by atoms with Gasteiger partial charge in [-0.3, -0.25) is 4.68 Å². The van der Waals surface area contributed by atoms with Crippen molar-refractivity contribution in [1.82, 2.24) is 9.78 Å². The van der Waals surface area contributed by atoms with Crippen molar-refractivity contribution in [2.75, 3.05) is 0 Å². The standard InChI is InChI=1S/C6H11BN2O2/c1-2-5-9-6(7(10)11)3-4-8-9/h3-4,10-11H,2,5H2,1H3. The van der Waals surface area contributed by atoms with E-state index >= 15 is 0 Å². The van der Waals surface area contributed by atoms with Gasteiger partial charge < -0.3 is 10.0 Å². The first-order valence-electron chi connectivity index (χ1n) is 3.63. The summed E-state index contributed by atoms with van der Waals surface area (Å²) >= 11 is 0. The van der Waals surface area contributed by atoms with Gasteiger partial charge in [0.15, 0.2) is 0 Å². The molecule has 1 heterocycles. The van der Waals surface area contributed by atoms with Crippen LogP contribution in [0.25, 0.3) is 0 Å². The van der Waals surface area contributed by atoms with Gasteiger partial charge >= 0.3 is 7.12 Å². The van der Waals surface area contributed by atoms with E-state index < -0.39 is 7.12 Å². The van der Waals surface area contributed by atoms with Gasteiger partial charge in [-0.25, -0.2) is 0 Å². The molecule has 0 amide bonds. The lowest BCUT2D eigenvalue weighted by atomic mass is 9.86. The molecule has 0 aliphatic carbocycles. The Morgan fingerprint density at radius 3 is 2.91 bits per heavy atom. The Morgan fingerprint density at radius 2 is 2.36 bits per heavy atom. The minimum Gasteiger partial charge on any atom is -0.422 e. The van der Waals surface area contributed by atoms with Crippen LogP contribution < -0.4 is 5.59 Å². The van der Waals surface area contributed by atoms with Crippen LogP contribution >= 0.6 is 0 Å². The Morgan fingerprint density at radius 1 is 1.64 bits per heavy atom. The van der Waals surface area contributed by atoms with Crippen molar-refractivity contribution in [2.45, 2.75) is 19.9 Å². The predicted molar refractivity (Wildman–Crippen MR) is 42.3 cm³/mol. The lowest BCUT2D eigenvalue weighted by Gasteiger charge is -2.03. The molecule has 0 atom stereocenters. The van der Waals surface area contributed by atoms with E-state index in [-0.39, 0.29) is 0 Å². The molecular weight excluding hydrogens is 143 g/mol. The molecule has 1 rings (SSSR count). The van der Waals surface area contributed by atoms with Gasteiger partial charge in [0.05, 0.1) is 5.59 Å². The van der Waals surface area contributed by atoms with E-state index in [0.29, 0.717) is 5.59 Å². The van der Waals surface area contributed by atoms with E-state index in [4.69, 9.17) is 10.0 Å². The highest BCUT2D eigenvalue weighted by molar-refractivity contribution is 6.57. The highest BCUT2D eigenvalue weighted by atomic mass is 16.4. The van der Waals surface area contributed by atoms with Crippen LogP contribution in [0.15, 0.2) is 12.3 Å². The van der Waals surface area contributed by atoms with Crippen LogP contribution in [0.3, 0.4) is 0 Å². The number of aryl methyl sites for hydroxylation is 1. The summed E-state index contributed by atoms with van der Waals surface area (Å²) in [5.41, 5.74) is 0.451. The Hall–Kier alpha value is -0.805. The second-order valence-corrected chi connectivity index (χ2v) is 2.35. The lowest BCUT2D eigenvalue weighted by Crippen LogP contribution is -2.36. The van der Waals surface area contributed by atoms with Crippen LogP contribution in [0.1, 0.15) is 13.3 Å². The number of rotatable bonds is 3. The van der Waals surface area contributed by atoms with Gasteiger partial charge in [0, 0.05) is 12.7 Å². The Balaban J connectivity index is 2.78. The summed E-state index contributed by atoms with van der Waals surface area (Å²) in [6, 6.07) is 1.60. The van der Waals surface area contributed by atoms with Crippen molar-refractivity contribution in [2.24, 2.45) is 0 Å².